The van der Waals surface area contributed by atoms with E-state index in [1.54, 1.807) is 6.07 Å². The zero-order chi connectivity index (χ0) is 15.9. The van der Waals surface area contributed by atoms with Crippen molar-refractivity contribution in [3.05, 3.63) is 72.3 Å². The normalized spacial score (nSPS) is 11.0. The fourth-order valence-electron chi connectivity index (χ4n) is 2.33. The molecule has 0 aliphatic rings. The van der Waals surface area contributed by atoms with E-state index in [0.717, 1.165) is 16.7 Å². The molecule has 0 amide bonds. The fraction of sp³-hybridized carbons (Fsp3) is 0.105. The summed E-state index contributed by atoms with van der Waals surface area (Å²) >= 11 is 0. The molecule has 3 rings (SSSR count). The van der Waals surface area contributed by atoms with Gasteiger partial charge in [-0.1, -0.05) is 47.6 Å². The Hall–Kier alpha value is -3.01. The number of nitrogens with zero attached hydrogens (tertiary/aromatic N) is 1. The first kappa shape index (κ1) is 14.9. The highest BCUT2D eigenvalue weighted by atomic mass is 16.5. The van der Waals surface area contributed by atoms with Crippen LogP contribution in [0.5, 0.6) is 11.5 Å². The molecule has 4 heteroatoms. The van der Waals surface area contributed by atoms with Crippen molar-refractivity contribution in [1.82, 2.24) is 0 Å². The highest BCUT2D eigenvalue weighted by Crippen LogP contribution is 2.20. The lowest BCUT2D eigenvalue weighted by Crippen LogP contribution is -2.09. The molecule has 1 N–H and O–H groups in total. The molecule has 4 nitrogen and oxygen atoms in total. The Morgan fingerprint density at radius 3 is 2.30 bits per heavy atom. The largest absolute Gasteiger partial charge is 0.490 e. The standard InChI is InChI=1S/C19H17NO3/c21-20-14-15-4-3-7-18(12-15)22-10-11-23-19-9-8-16-5-1-2-6-17(16)13-19/h1-9,12-14,21H,10-11H2. The average Bonchev–Trinajstić information content (AvgIpc) is 2.59. The molecule has 0 aliphatic heterocycles. The van der Waals surface area contributed by atoms with Gasteiger partial charge < -0.3 is 14.7 Å². The molecule has 0 saturated carbocycles. The Balaban J connectivity index is 1.53. The summed E-state index contributed by atoms with van der Waals surface area (Å²) in [7, 11) is 0. The number of oxime groups is 1. The zero-order valence-electron chi connectivity index (χ0n) is 12.6. The van der Waals surface area contributed by atoms with Crippen LogP contribution in [0.3, 0.4) is 0 Å². The van der Waals surface area contributed by atoms with E-state index in [9.17, 15) is 0 Å². The highest BCUT2D eigenvalue weighted by molar-refractivity contribution is 5.83. The minimum Gasteiger partial charge on any atom is -0.490 e. The number of benzene rings is 3. The van der Waals surface area contributed by atoms with Gasteiger partial charge in [-0.2, -0.15) is 0 Å². The lowest BCUT2D eigenvalue weighted by molar-refractivity contribution is 0.217. The molecule has 0 heterocycles. The molecule has 0 aromatic heterocycles. The second-order valence-corrected chi connectivity index (χ2v) is 5.02. The molecule has 0 aliphatic carbocycles. The van der Waals surface area contributed by atoms with Crippen LogP contribution in [0.1, 0.15) is 5.56 Å². The monoisotopic (exact) mass is 307 g/mol. The third kappa shape index (κ3) is 4.01. The summed E-state index contributed by atoms with van der Waals surface area (Å²) in [6.07, 6.45) is 1.36. The van der Waals surface area contributed by atoms with E-state index in [0.29, 0.717) is 19.0 Å². The van der Waals surface area contributed by atoms with Crippen LogP contribution in [0.25, 0.3) is 10.8 Å². The van der Waals surface area contributed by atoms with Gasteiger partial charge in [-0.05, 0) is 40.6 Å². The molecule has 0 atom stereocenters. The van der Waals surface area contributed by atoms with Gasteiger partial charge in [0.05, 0.1) is 6.21 Å². The first-order chi connectivity index (χ1) is 11.3. The second kappa shape index (κ2) is 7.31. The second-order valence-electron chi connectivity index (χ2n) is 5.02. The summed E-state index contributed by atoms with van der Waals surface area (Å²) < 4.78 is 11.4. The number of hydrogen-bond donors (Lipinski definition) is 1. The first-order valence-corrected chi connectivity index (χ1v) is 7.37. The number of ether oxygens (including phenoxy) is 2. The van der Waals surface area contributed by atoms with Crippen molar-refractivity contribution in [2.24, 2.45) is 5.16 Å². The van der Waals surface area contributed by atoms with Crippen molar-refractivity contribution in [2.75, 3.05) is 13.2 Å². The van der Waals surface area contributed by atoms with Crippen molar-refractivity contribution in [3.8, 4) is 11.5 Å². The van der Waals surface area contributed by atoms with Crippen molar-refractivity contribution in [1.29, 1.82) is 0 Å². The summed E-state index contributed by atoms with van der Waals surface area (Å²) in [5.41, 5.74) is 0.778. The van der Waals surface area contributed by atoms with Crippen molar-refractivity contribution in [3.63, 3.8) is 0 Å². The smallest absolute Gasteiger partial charge is 0.122 e. The van der Waals surface area contributed by atoms with Crippen molar-refractivity contribution in [2.45, 2.75) is 0 Å². The summed E-state index contributed by atoms with van der Waals surface area (Å²) in [6.45, 7) is 0.892. The minimum absolute atomic E-state index is 0.437. The molecular formula is C19H17NO3. The predicted molar refractivity (Wildman–Crippen MR) is 90.8 cm³/mol. The van der Waals surface area contributed by atoms with Crippen LogP contribution >= 0.6 is 0 Å². The van der Waals surface area contributed by atoms with Crippen LogP contribution < -0.4 is 9.47 Å². The molecule has 0 fully saturated rings. The Kier molecular flexibility index (Phi) is 4.74. The third-order valence-electron chi connectivity index (χ3n) is 3.41. The molecule has 3 aromatic carbocycles. The number of hydrogen-bond acceptors (Lipinski definition) is 4. The SMILES string of the molecule is ON=Cc1cccc(OCCOc2ccc3ccccc3c2)c1. The van der Waals surface area contributed by atoms with Gasteiger partial charge in [0.2, 0.25) is 0 Å². The van der Waals surface area contributed by atoms with Gasteiger partial charge in [0.15, 0.2) is 0 Å². The maximum atomic E-state index is 8.53. The van der Waals surface area contributed by atoms with Crippen molar-refractivity contribution < 1.29 is 14.7 Å². The molecule has 0 bridgehead atoms. The molecule has 3 aromatic rings. The van der Waals surface area contributed by atoms with Gasteiger partial charge in [-0.15, -0.1) is 0 Å². The molecular weight excluding hydrogens is 290 g/mol. The fourth-order valence-corrected chi connectivity index (χ4v) is 2.33. The van der Waals surface area contributed by atoms with E-state index in [4.69, 9.17) is 14.7 Å². The lowest BCUT2D eigenvalue weighted by atomic mass is 10.1. The molecule has 116 valence electrons. The minimum atomic E-state index is 0.437. The molecule has 0 unspecified atom stereocenters. The maximum Gasteiger partial charge on any atom is 0.122 e. The van der Waals surface area contributed by atoms with Crippen LogP contribution in [-0.4, -0.2) is 24.6 Å². The van der Waals surface area contributed by atoms with Gasteiger partial charge in [0, 0.05) is 0 Å². The van der Waals surface area contributed by atoms with E-state index in [-0.39, 0.29) is 0 Å². The predicted octanol–water partition coefficient (Wildman–Crippen LogP) is 4.11. The van der Waals surface area contributed by atoms with Gasteiger partial charge in [-0.3, -0.25) is 0 Å². The van der Waals surface area contributed by atoms with Crippen LogP contribution in [-0.2, 0) is 0 Å². The van der Waals surface area contributed by atoms with E-state index in [1.807, 2.05) is 48.5 Å². The van der Waals surface area contributed by atoms with Crippen LogP contribution in [0.15, 0.2) is 71.9 Å². The lowest BCUT2D eigenvalue weighted by Gasteiger charge is -2.09. The van der Waals surface area contributed by atoms with Crippen molar-refractivity contribution >= 4 is 17.0 Å². The topological polar surface area (TPSA) is 51.1 Å². The van der Waals surface area contributed by atoms with Gasteiger partial charge >= 0.3 is 0 Å². The Morgan fingerprint density at radius 1 is 0.783 bits per heavy atom. The molecule has 0 radical (unpaired) electrons. The zero-order valence-corrected chi connectivity index (χ0v) is 12.6. The third-order valence-corrected chi connectivity index (χ3v) is 3.41. The Labute approximate surface area is 134 Å². The van der Waals surface area contributed by atoms with E-state index >= 15 is 0 Å². The summed E-state index contributed by atoms with van der Waals surface area (Å²) in [6, 6.07) is 21.5. The highest BCUT2D eigenvalue weighted by Gasteiger charge is 1.99. The van der Waals surface area contributed by atoms with Crippen LogP contribution in [0, 0.1) is 0 Å². The van der Waals surface area contributed by atoms with Crippen LogP contribution in [0.4, 0.5) is 0 Å². The van der Waals surface area contributed by atoms with E-state index < -0.39 is 0 Å². The average molecular weight is 307 g/mol. The molecule has 23 heavy (non-hydrogen) atoms. The number of rotatable bonds is 6. The van der Waals surface area contributed by atoms with E-state index in [2.05, 4.69) is 17.3 Å². The Morgan fingerprint density at radius 2 is 1.52 bits per heavy atom. The Bertz CT molecular complexity index is 814. The summed E-state index contributed by atoms with van der Waals surface area (Å²) in [5.74, 6) is 1.54. The quantitative estimate of drug-likeness (QED) is 0.323. The van der Waals surface area contributed by atoms with Gasteiger partial charge in [0.25, 0.3) is 0 Å². The van der Waals surface area contributed by atoms with Gasteiger partial charge in [-0.25, -0.2) is 0 Å². The number of fused-ring (bicyclic) bond motifs is 1. The molecule has 0 saturated heterocycles. The molecule has 0 spiro atoms. The summed E-state index contributed by atoms with van der Waals surface area (Å²) in [5, 5.41) is 13.9. The van der Waals surface area contributed by atoms with E-state index in [1.165, 1.54) is 11.6 Å². The van der Waals surface area contributed by atoms with Crippen LogP contribution in [0.2, 0.25) is 0 Å². The maximum absolute atomic E-state index is 8.53. The first-order valence-electron chi connectivity index (χ1n) is 7.37. The van der Waals surface area contributed by atoms with Gasteiger partial charge in [0.1, 0.15) is 24.7 Å². The summed E-state index contributed by atoms with van der Waals surface area (Å²) in [4.78, 5) is 0.